The van der Waals surface area contributed by atoms with Gasteiger partial charge in [0.15, 0.2) is 0 Å². The Kier molecular flexibility index (Phi) is 5.63. The van der Waals surface area contributed by atoms with Gasteiger partial charge in [0.25, 0.3) is 5.56 Å². The molecule has 0 saturated carbocycles. The number of nitrogens with zero attached hydrogens (tertiary/aromatic N) is 3. The third-order valence-electron chi connectivity index (χ3n) is 4.24. The van der Waals surface area contributed by atoms with E-state index in [0.717, 1.165) is 18.7 Å². The van der Waals surface area contributed by atoms with Gasteiger partial charge in [0.1, 0.15) is 6.54 Å². The van der Waals surface area contributed by atoms with Crippen molar-refractivity contribution in [3.8, 4) is 0 Å². The van der Waals surface area contributed by atoms with Crippen LogP contribution in [-0.2, 0) is 11.3 Å². The number of aromatic nitrogens is 2. The average molecular weight is 350 g/mol. The molecule has 0 fully saturated rings. The van der Waals surface area contributed by atoms with Crippen LogP contribution in [-0.4, -0.2) is 35.6 Å². The Labute approximate surface area is 152 Å². The zero-order valence-electron chi connectivity index (χ0n) is 14.8. The molecular weight excluding hydrogens is 328 g/mol. The number of benzene rings is 2. The van der Waals surface area contributed by atoms with E-state index in [0.29, 0.717) is 17.6 Å². The Morgan fingerprint density at radius 3 is 2.65 bits per heavy atom. The van der Waals surface area contributed by atoms with E-state index in [1.165, 1.54) is 10.8 Å². The van der Waals surface area contributed by atoms with Crippen LogP contribution < -0.4 is 15.8 Å². The van der Waals surface area contributed by atoms with Crippen LogP contribution in [0.15, 0.2) is 65.6 Å². The minimum Gasteiger partial charge on any atom is -0.375 e. The number of anilines is 1. The minimum absolute atomic E-state index is 0.00358. The second-order valence-corrected chi connectivity index (χ2v) is 6.13. The van der Waals surface area contributed by atoms with E-state index in [9.17, 15) is 9.59 Å². The molecule has 134 valence electrons. The fraction of sp³-hybridized carbons (Fsp3) is 0.250. The van der Waals surface area contributed by atoms with Crippen LogP contribution in [0.25, 0.3) is 11.0 Å². The molecule has 3 aromatic rings. The van der Waals surface area contributed by atoms with Gasteiger partial charge in [-0.25, -0.2) is 4.98 Å². The molecule has 0 atom stereocenters. The van der Waals surface area contributed by atoms with Gasteiger partial charge in [-0.3, -0.25) is 14.2 Å². The van der Waals surface area contributed by atoms with Crippen molar-refractivity contribution in [3.63, 3.8) is 0 Å². The van der Waals surface area contributed by atoms with Gasteiger partial charge < -0.3 is 10.2 Å². The molecule has 26 heavy (non-hydrogen) atoms. The molecule has 0 radical (unpaired) electrons. The van der Waals surface area contributed by atoms with E-state index in [4.69, 9.17) is 0 Å². The Morgan fingerprint density at radius 2 is 1.85 bits per heavy atom. The fourth-order valence-corrected chi connectivity index (χ4v) is 2.83. The van der Waals surface area contributed by atoms with E-state index in [1.54, 1.807) is 6.07 Å². The van der Waals surface area contributed by atoms with Gasteiger partial charge >= 0.3 is 0 Å². The van der Waals surface area contributed by atoms with Gasteiger partial charge in [0.05, 0.1) is 17.2 Å². The molecule has 0 aliphatic carbocycles. The third kappa shape index (κ3) is 4.27. The molecule has 0 unspecified atom stereocenters. The number of rotatable bonds is 7. The van der Waals surface area contributed by atoms with Crippen molar-refractivity contribution in [2.45, 2.75) is 13.0 Å². The molecule has 0 aliphatic heterocycles. The van der Waals surface area contributed by atoms with Crippen LogP contribution in [0.3, 0.4) is 0 Å². The molecule has 1 heterocycles. The molecule has 2 aromatic carbocycles. The van der Waals surface area contributed by atoms with Crippen LogP contribution in [0.1, 0.15) is 6.42 Å². The zero-order chi connectivity index (χ0) is 18.4. The van der Waals surface area contributed by atoms with Crippen LogP contribution in [0.4, 0.5) is 5.69 Å². The fourth-order valence-electron chi connectivity index (χ4n) is 2.83. The molecule has 1 amide bonds. The molecule has 0 saturated heterocycles. The van der Waals surface area contributed by atoms with Crippen molar-refractivity contribution < 1.29 is 4.79 Å². The lowest BCUT2D eigenvalue weighted by Gasteiger charge is -2.19. The lowest BCUT2D eigenvalue weighted by atomic mass is 10.3. The van der Waals surface area contributed by atoms with Gasteiger partial charge in [-0.1, -0.05) is 30.3 Å². The summed E-state index contributed by atoms with van der Waals surface area (Å²) >= 11 is 0. The third-order valence-corrected chi connectivity index (χ3v) is 4.24. The quantitative estimate of drug-likeness (QED) is 0.662. The zero-order valence-corrected chi connectivity index (χ0v) is 14.8. The maximum absolute atomic E-state index is 12.2. The molecule has 0 bridgehead atoms. The highest BCUT2D eigenvalue weighted by Crippen LogP contribution is 2.11. The monoisotopic (exact) mass is 350 g/mol. The Bertz CT molecular complexity index is 937. The van der Waals surface area contributed by atoms with E-state index < -0.39 is 0 Å². The van der Waals surface area contributed by atoms with Gasteiger partial charge in [0.2, 0.25) is 5.91 Å². The second kappa shape index (κ2) is 8.29. The first kappa shape index (κ1) is 17.7. The van der Waals surface area contributed by atoms with Crippen molar-refractivity contribution in [1.82, 2.24) is 14.9 Å². The SMILES string of the molecule is CN(CCCNC(=O)Cn1c(=O)cnc2ccccc21)c1ccccc1. The maximum atomic E-state index is 12.2. The van der Waals surface area contributed by atoms with Crippen molar-refractivity contribution in [2.75, 3.05) is 25.0 Å². The summed E-state index contributed by atoms with van der Waals surface area (Å²) < 4.78 is 1.45. The van der Waals surface area contributed by atoms with Crippen LogP contribution in [0, 0.1) is 0 Å². The number of carbonyl (C=O) groups excluding carboxylic acids is 1. The Hall–Kier alpha value is -3.15. The summed E-state index contributed by atoms with van der Waals surface area (Å²) in [6, 6.07) is 17.4. The maximum Gasteiger partial charge on any atom is 0.269 e. The average Bonchev–Trinajstić information content (AvgIpc) is 2.68. The topological polar surface area (TPSA) is 67.2 Å². The normalized spacial score (nSPS) is 10.7. The van der Waals surface area contributed by atoms with Crippen LogP contribution in [0.5, 0.6) is 0 Å². The number of hydrogen-bond donors (Lipinski definition) is 1. The van der Waals surface area contributed by atoms with Gasteiger partial charge in [-0.2, -0.15) is 0 Å². The van der Waals surface area contributed by atoms with Crippen LogP contribution in [0.2, 0.25) is 0 Å². The minimum atomic E-state index is -0.275. The van der Waals surface area contributed by atoms with E-state index in [-0.39, 0.29) is 18.0 Å². The smallest absolute Gasteiger partial charge is 0.269 e. The van der Waals surface area contributed by atoms with Crippen molar-refractivity contribution in [1.29, 1.82) is 0 Å². The molecule has 6 nitrogen and oxygen atoms in total. The van der Waals surface area contributed by atoms with Gasteiger partial charge in [-0.05, 0) is 30.7 Å². The molecule has 0 aliphatic rings. The number of carbonyl (C=O) groups is 1. The van der Waals surface area contributed by atoms with E-state index in [2.05, 4.69) is 27.3 Å². The highest BCUT2D eigenvalue weighted by Gasteiger charge is 2.08. The molecule has 1 aromatic heterocycles. The summed E-state index contributed by atoms with van der Waals surface area (Å²) in [5.74, 6) is -0.175. The summed E-state index contributed by atoms with van der Waals surface area (Å²) in [7, 11) is 2.03. The summed E-state index contributed by atoms with van der Waals surface area (Å²) in [6.45, 7) is 1.40. The standard InChI is InChI=1S/C20H22N4O2/c1-23(16-8-3-2-4-9-16)13-7-12-21-19(25)15-24-18-11-6-5-10-17(18)22-14-20(24)26/h2-6,8-11,14H,7,12-13,15H2,1H3,(H,21,25). The lowest BCUT2D eigenvalue weighted by molar-refractivity contribution is -0.121. The number of nitrogens with one attached hydrogen (secondary N) is 1. The van der Waals surface area contributed by atoms with E-state index in [1.807, 2.05) is 43.4 Å². The highest BCUT2D eigenvalue weighted by molar-refractivity contribution is 5.79. The number of para-hydroxylation sites is 3. The summed E-state index contributed by atoms with van der Waals surface area (Å²) in [6.07, 6.45) is 2.08. The number of hydrogen-bond acceptors (Lipinski definition) is 4. The summed E-state index contributed by atoms with van der Waals surface area (Å²) in [5, 5.41) is 2.88. The molecule has 6 heteroatoms. The largest absolute Gasteiger partial charge is 0.375 e. The van der Waals surface area contributed by atoms with E-state index >= 15 is 0 Å². The molecule has 0 spiro atoms. The van der Waals surface area contributed by atoms with Gasteiger partial charge in [0, 0.05) is 25.8 Å². The first-order chi connectivity index (χ1) is 12.6. The van der Waals surface area contributed by atoms with Crippen molar-refractivity contribution in [2.24, 2.45) is 0 Å². The number of amides is 1. The first-order valence-electron chi connectivity index (χ1n) is 8.62. The highest BCUT2D eigenvalue weighted by atomic mass is 16.2. The van der Waals surface area contributed by atoms with Gasteiger partial charge in [-0.15, -0.1) is 0 Å². The lowest BCUT2D eigenvalue weighted by Crippen LogP contribution is -2.34. The second-order valence-electron chi connectivity index (χ2n) is 6.13. The Morgan fingerprint density at radius 1 is 1.12 bits per heavy atom. The predicted molar refractivity (Wildman–Crippen MR) is 103 cm³/mol. The van der Waals surface area contributed by atoms with Crippen LogP contribution >= 0.6 is 0 Å². The van der Waals surface area contributed by atoms with Crippen molar-refractivity contribution >= 4 is 22.6 Å². The summed E-state index contributed by atoms with van der Waals surface area (Å²) in [4.78, 5) is 30.5. The Balaban J connectivity index is 1.52. The molecule has 1 N–H and O–H groups in total. The van der Waals surface area contributed by atoms with Crippen molar-refractivity contribution in [3.05, 3.63) is 71.1 Å². The molecular formula is C20H22N4O2. The predicted octanol–water partition coefficient (Wildman–Crippen LogP) is 2.04. The molecule has 3 rings (SSSR count). The number of fused-ring (bicyclic) bond motifs is 1. The summed E-state index contributed by atoms with van der Waals surface area (Å²) in [5.41, 5.74) is 2.24. The first-order valence-corrected chi connectivity index (χ1v) is 8.62.